The van der Waals surface area contributed by atoms with Crippen LogP contribution in [-0.4, -0.2) is 10.2 Å². The summed E-state index contributed by atoms with van der Waals surface area (Å²) in [6.45, 7) is 0. The van der Waals surface area contributed by atoms with E-state index in [-0.39, 0.29) is 17.5 Å². The topological polar surface area (TPSA) is 64.9 Å². The largest absolute Gasteiger partial charge is 0.403 e. The molecule has 1 aromatic carbocycles. The summed E-state index contributed by atoms with van der Waals surface area (Å²) >= 11 is 3.14. The van der Waals surface area contributed by atoms with Gasteiger partial charge in [0.25, 0.3) is 5.89 Å². The summed E-state index contributed by atoms with van der Waals surface area (Å²) in [4.78, 5) is 0. The van der Waals surface area contributed by atoms with Crippen molar-refractivity contribution in [1.29, 1.82) is 0 Å². The van der Waals surface area contributed by atoms with Crippen molar-refractivity contribution in [1.82, 2.24) is 10.2 Å². The maximum Gasteiger partial charge on any atom is 0.313 e. The smallest absolute Gasteiger partial charge is 0.313 e. The van der Waals surface area contributed by atoms with Crippen molar-refractivity contribution in [2.75, 3.05) is 5.73 Å². The number of halogens is 2. The van der Waals surface area contributed by atoms with Gasteiger partial charge in [-0.1, -0.05) is 21.0 Å². The molecule has 14 heavy (non-hydrogen) atoms. The number of anilines is 1. The molecule has 4 nitrogen and oxygen atoms in total. The zero-order valence-corrected chi connectivity index (χ0v) is 8.45. The fraction of sp³-hybridized carbons (Fsp3) is 0. The fourth-order valence-electron chi connectivity index (χ4n) is 1.01. The molecule has 0 saturated heterocycles. The molecule has 72 valence electrons. The predicted octanol–water partition coefficient (Wildman–Crippen LogP) is 2.22. The second-order valence-electron chi connectivity index (χ2n) is 2.57. The van der Waals surface area contributed by atoms with E-state index >= 15 is 0 Å². The van der Waals surface area contributed by atoms with Crippen LogP contribution in [0.4, 0.5) is 10.4 Å². The van der Waals surface area contributed by atoms with Gasteiger partial charge in [0.05, 0.1) is 5.56 Å². The summed E-state index contributed by atoms with van der Waals surface area (Å²) in [6.07, 6.45) is 0. The number of aromatic nitrogens is 2. The zero-order valence-electron chi connectivity index (χ0n) is 6.87. The van der Waals surface area contributed by atoms with Crippen molar-refractivity contribution < 1.29 is 8.81 Å². The number of nitrogens with two attached hydrogens (primary N) is 1. The van der Waals surface area contributed by atoms with E-state index in [9.17, 15) is 4.39 Å². The van der Waals surface area contributed by atoms with E-state index in [1.54, 1.807) is 6.07 Å². The van der Waals surface area contributed by atoms with Crippen molar-refractivity contribution in [2.45, 2.75) is 0 Å². The third kappa shape index (κ3) is 1.60. The summed E-state index contributed by atoms with van der Waals surface area (Å²) in [5.74, 6) is -0.365. The third-order valence-electron chi connectivity index (χ3n) is 1.60. The minimum Gasteiger partial charge on any atom is -0.403 e. The third-order valence-corrected chi connectivity index (χ3v) is 2.10. The normalized spacial score (nSPS) is 10.4. The zero-order chi connectivity index (χ0) is 10.1. The lowest BCUT2D eigenvalue weighted by Gasteiger charge is -1.97. The van der Waals surface area contributed by atoms with Crippen LogP contribution < -0.4 is 5.73 Å². The molecular formula is C8H5BrFN3O. The predicted molar refractivity (Wildman–Crippen MR) is 51.8 cm³/mol. The lowest BCUT2D eigenvalue weighted by molar-refractivity contribution is 0.575. The van der Waals surface area contributed by atoms with Gasteiger partial charge in [0, 0.05) is 4.47 Å². The fourth-order valence-corrected chi connectivity index (χ4v) is 1.34. The highest BCUT2D eigenvalue weighted by Crippen LogP contribution is 2.24. The molecule has 0 atom stereocenters. The van der Waals surface area contributed by atoms with Crippen LogP contribution in [0, 0.1) is 5.82 Å². The van der Waals surface area contributed by atoms with Gasteiger partial charge in [-0.05, 0) is 18.2 Å². The summed E-state index contributed by atoms with van der Waals surface area (Å²) in [5.41, 5.74) is 5.46. The Bertz CT molecular complexity index is 471. The van der Waals surface area contributed by atoms with Gasteiger partial charge < -0.3 is 10.2 Å². The van der Waals surface area contributed by atoms with Crippen LogP contribution in [0.3, 0.4) is 0 Å². The number of nitrogen functional groups attached to an aromatic ring is 1. The average molecular weight is 258 g/mol. The van der Waals surface area contributed by atoms with Gasteiger partial charge in [0.2, 0.25) is 0 Å². The first kappa shape index (κ1) is 9.14. The number of rotatable bonds is 1. The molecule has 0 saturated carbocycles. The lowest BCUT2D eigenvalue weighted by atomic mass is 10.2. The Morgan fingerprint density at radius 2 is 2.14 bits per heavy atom. The molecule has 0 fully saturated rings. The van der Waals surface area contributed by atoms with Crippen molar-refractivity contribution in [3.63, 3.8) is 0 Å². The van der Waals surface area contributed by atoms with Crippen molar-refractivity contribution in [3.05, 3.63) is 28.5 Å². The molecule has 0 amide bonds. The van der Waals surface area contributed by atoms with Crippen molar-refractivity contribution >= 4 is 21.9 Å². The molecular weight excluding hydrogens is 253 g/mol. The second-order valence-corrected chi connectivity index (χ2v) is 3.49. The van der Waals surface area contributed by atoms with E-state index in [4.69, 9.17) is 10.2 Å². The molecule has 6 heteroatoms. The highest BCUT2D eigenvalue weighted by atomic mass is 79.9. The van der Waals surface area contributed by atoms with Crippen LogP contribution in [0.25, 0.3) is 11.5 Å². The molecule has 2 N–H and O–H groups in total. The molecule has 0 spiro atoms. The SMILES string of the molecule is Nc1nnc(-c2ccc(Br)cc2F)o1. The average Bonchev–Trinajstić information content (AvgIpc) is 2.51. The first-order valence-electron chi connectivity index (χ1n) is 3.71. The molecule has 1 aromatic heterocycles. The molecule has 1 heterocycles. The Hall–Kier alpha value is -1.43. The molecule has 2 aromatic rings. The van der Waals surface area contributed by atoms with Gasteiger partial charge in [-0.15, -0.1) is 5.10 Å². The van der Waals surface area contributed by atoms with Gasteiger partial charge in [-0.2, -0.15) is 0 Å². The summed E-state index contributed by atoms with van der Waals surface area (Å²) in [7, 11) is 0. The first-order chi connectivity index (χ1) is 6.66. The second kappa shape index (κ2) is 3.38. The first-order valence-corrected chi connectivity index (χ1v) is 4.50. The number of nitrogens with zero attached hydrogens (tertiary/aromatic N) is 2. The van der Waals surface area contributed by atoms with E-state index in [0.717, 1.165) is 0 Å². The van der Waals surface area contributed by atoms with Gasteiger partial charge in [0.1, 0.15) is 5.82 Å². The quantitative estimate of drug-likeness (QED) is 0.851. The Kier molecular flexibility index (Phi) is 2.20. The molecule has 0 bridgehead atoms. The van der Waals surface area contributed by atoms with Crippen LogP contribution in [-0.2, 0) is 0 Å². The maximum atomic E-state index is 13.3. The van der Waals surface area contributed by atoms with Gasteiger partial charge in [0.15, 0.2) is 0 Å². The summed E-state index contributed by atoms with van der Waals surface area (Å²) in [5, 5.41) is 7.02. The van der Waals surface area contributed by atoms with E-state index in [2.05, 4.69) is 26.1 Å². The van der Waals surface area contributed by atoms with E-state index < -0.39 is 5.82 Å². The maximum absolute atomic E-state index is 13.3. The summed E-state index contributed by atoms with van der Waals surface area (Å²) in [6, 6.07) is 4.45. The van der Waals surface area contributed by atoms with E-state index in [0.29, 0.717) is 4.47 Å². The molecule has 0 unspecified atom stereocenters. The Morgan fingerprint density at radius 3 is 2.71 bits per heavy atom. The molecule has 2 rings (SSSR count). The van der Waals surface area contributed by atoms with Crippen LogP contribution in [0.5, 0.6) is 0 Å². The number of benzene rings is 1. The molecule has 0 aliphatic rings. The Balaban J connectivity index is 2.52. The van der Waals surface area contributed by atoms with Crippen LogP contribution in [0.1, 0.15) is 0 Å². The Labute approximate surface area is 87.1 Å². The number of hydrogen-bond donors (Lipinski definition) is 1. The van der Waals surface area contributed by atoms with Crippen molar-refractivity contribution in [2.24, 2.45) is 0 Å². The van der Waals surface area contributed by atoms with E-state index in [1.165, 1.54) is 12.1 Å². The van der Waals surface area contributed by atoms with Gasteiger partial charge in [-0.25, -0.2) is 4.39 Å². The highest BCUT2D eigenvalue weighted by Gasteiger charge is 2.11. The van der Waals surface area contributed by atoms with Crippen LogP contribution in [0.2, 0.25) is 0 Å². The molecule has 0 aliphatic carbocycles. The monoisotopic (exact) mass is 257 g/mol. The minimum atomic E-state index is -0.442. The van der Waals surface area contributed by atoms with Crippen LogP contribution in [0.15, 0.2) is 27.1 Å². The molecule has 0 aliphatic heterocycles. The number of hydrogen-bond acceptors (Lipinski definition) is 4. The molecule has 0 radical (unpaired) electrons. The van der Waals surface area contributed by atoms with Gasteiger partial charge >= 0.3 is 6.01 Å². The van der Waals surface area contributed by atoms with Crippen LogP contribution >= 0.6 is 15.9 Å². The van der Waals surface area contributed by atoms with Gasteiger partial charge in [-0.3, -0.25) is 0 Å². The standard InChI is InChI=1S/C8H5BrFN3O/c9-4-1-2-5(6(10)3-4)7-12-13-8(11)14-7/h1-3H,(H2,11,13). The minimum absolute atomic E-state index is 0.0764. The summed E-state index contributed by atoms with van der Waals surface area (Å²) < 4.78 is 18.9. The Morgan fingerprint density at radius 1 is 1.36 bits per heavy atom. The van der Waals surface area contributed by atoms with E-state index in [1.807, 2.05) is 0 Å². The van der Waals surface area contributed by atoms with Crippen molar-refractivity contribution in [3.8, 4) is 11.5 Å². The highest BCUT2D eigenvalue weighted by molar-refractivity contribution is 9.10. The lowest BCUT2D eigenvalue weighted by Crippen LogP contribution is -1.84.